The fraction of sp³-hybridized carbons (Fsp3) is 0.250. The predicted molar refractivity (Wildman–Crippen MR) is 84.0 cm³/mol. The summed E-state index contributed by atoms with van der Waals surface area (Å²) in [6.07, 6.45) is 4.85. The molecule has 0 aliphatic rings. The molecule has 1 aromatic carbocycles. The second kappa shape index (κ2) is 7.22. The molecule has 5 heteroatoms. The average Bonchev–Trinajstić information content (AvgIpc) is 2.48. The largest absolute Gasteiger partial charge is 0.477 e. The number of aromatic nitrogens is 1. The Labute approximate surface area is 131 Å². The van der Waals surface area contributed by atoms with E-state index in [0.717, 1.165) is 19.3 Å². The molecule has 2 aromatic rings. The zero-order valence-electron chi connectivity index (χ0n) is 11.7. The first-order valence-corrected chi connectivity index (χ1v) is 7.55. The lowest BCUT2D eigenvalue weighted by Gasteiger charge is -2.08. The highest BCUT2D eigenvalue weighted by Crippen LogP contribution is 2.26. The Bertz CT molecular complexity index is 626. The zero-order valence-corrected chi connectivity index (χ0v) is 13.3. The van der Waals surface area contributed by atoms with Crippen LogP contribution in [0.15, 0.2) is 41.0 Å². The van der Waals surface area contributed by atoms with Crippen molar-refractivity contribution >= 4 is 21.9 Å². The molecule has 1 N–H and O–H groups in total. The molecule has 110 valence electrons. The number of hydrogen-bond donors (Lipinski definition) is 1. The van der Waals surface area contributed by atoms with Gasteiger partial charge in [-0.15, -0.1) is 0 Å². The van der Waals surface area contributed by atoms with E-state index in [1.807, 2.05) is 24.3 Å². The quantitative estimate of drug-likeness (QED) is 0.822. The van der Waals surface area contributed by atoms with Crippen molar-refractivity contribution in [3.05, 3.63) is 52.1 Å². The molecule has 0 bridgehead atoms. The van der Waals surface area contributed by atoms with Crippen LogP contribution in [0.25, 0.3) is 0 Å². The molecule has 0 spiro atoms. The third-order valence-corrected chi connectivity index (χ3v) is 3.44. The molecule has 21 heavy (non-hydrogen) atoms. The lowest BCUT2D eigenvalue weighted by Crippen LogP contribution is -2.02. The van der Waals surface area contributed by atoms with Crippen molar-refractivity contribution in [3.63, 3.8) is 0 Å². The van der Waals surface area contributed by atoms with Crippen molar-refractivity contribution in [2.24, 2.45) is 0 Å². The van der Waals surface area contributed by atoms with Crippen LogP contribution in [-0.2, 0) is 6.42 Å². The number of benzene rings is 1. The maximum atomic E-state index is 11.2. The average molecular weight is 350 g/mol. The van der Waals surface area contributed by atoms with Crippen LogP contribution in [0.4, 0.5) is 0 Å². The molecule has 0 unspecified atom stereocenters. The molecular weight excluding hydrogens is 334 g/mol. The van der Waals surface area contributed by atoms with E-state index in [1.54, 1.807) is 0 Å². The molecule has 2 rings (SSSR count). The zero-order chi connectivity index (χ0) is 15.2. The fourth-order valence-corrected chi connectivity index (χ4v) is 2.21. The highest BCUT2D eigenvalue weighted by molar-refractivity contribution is 9.10. The summed E-state index contributed by atoms with van der Waals surface area (Å²) in [5, 5.41) is 9.17. The minimum Gasteiger partial charge on any atom is -0.477 e. The van der Waals surface area contributed by atoms with Gasteiger partial charge in [0.05, 0.1) is 0 Å². The smallest absolute Gasteiger partial charge is 0.341 e. The molecule has 0 radical (unpaired) electrons. The van der Waals surface area contributed by atoms with Gasteiger partial charge in [-0.3, -0.25) is 0 Å². The van der Waals surface area contributed by atoms with Gasteiger partial charge in [0, 0.05) is 10.7 Å². The molecule has 0 aliphatic heterocycles. The van der Waals surface area contributed by atoms with Crippen molar-refractivity contribution in [1.29, 1.82) is 0 Å². The van der Waals surface area contributed by atoms with E-state index < -0.39 is 5.97 Å². The van der Waals surface area contributed by atoms with Gasteiger partial charge in [-0.1, -0.05) is 25.5 Å². The number of aryl methyl sites for hydroxylation is 1. The van der Waals surface area contributed by atoms with E-state index in [2.05, 4.69) is 27.8 Å². The van der Waals surface area contributed by atoms with Crippen LogP contribution in [0.5, 0.6) is 11.6 Å². The Morgan fingerprint density at radius 1 is 1.33 bits per heavy atom. The number of pyridine rings is 1. The number of halogens is 1. The molecule has 0 amide bonds. The molecular formula is C16H16BrNO3. The number of unbranched alkanes of at least 4 members (excludes halogenated alkanes) is 1. The third-order valence-electron chi connectivity index (χ3n) is 3.01. The molecule has 0 saturated heterocycles. The van der Waals surface area contributed by atoms with Gasteiger partial charge in [0.25, 0.3) is 0 Å². The van der Waals surface area contributed by atoms with Gasteiger partial charge in [0.2, 0.25) is 5.88 Å². The monoisotopic (exact) mass is 349 g/mol. The Morgan fingerprint density at radius 2 is 2.05 bits per heavy atom. The standard InChI is InChI=1S/C16H16BrNO3/c1-2-3-4-11-5-7-13(8-6-11)21-15-14(16(19)20)9-12(17)10-18-15/h5-10H,2-4H2,1H3,(H,19,20). The van der Waals surface area contributed by atoms with Crippen LogP contribution in [0, 0.1) is 0 Å². The summed E-state index contributed by atoms with van der Waals surface area (Å²) in [5.74, 6) is -0.405. The summed E-state index contributed by atoms with van der Waals surface area (Å²) in [7, 11) is 0. The lowest BCUT2D eigenvalue weighted by molar-refractivity contribution is 0.0693. The van der Waals surface area contributed by atoms with E-state index in [1.165, 1.54) is 17.8 Å². The van der Waals surface area contributed by atoms with E-state index >= 15 is 0 Å². The number of hydrogen-bond acceptors (Lipinski definition) is 3. The van der Waals surface area contributed by atoms with Gasteiger partial charge in [0.15, 0.2) is 0 Å². The van der Waals surface area contributed by atoms with Crippen molar-refractivity contribution in [2.75, 3.05) is 0 Å². The summed E-state index contributed by atoms with van der Waals surface area (Å²) >= 11 is 3.20. The normalized spacial score (nSPS) is 10.4. The number of carboxylic acid groups (broad SMARTS) is 1. The first-order valence-electron chi connectivity index (χ1n) is 6.75. The van der Waals surface area contributed by atoms with Gasteiger partial charge in [-0.2, -0.15) is 0 Å². The molecule has 4 nitrogen and oxygen atoms in total. The minimum absolute atomic E-state index is 0.0273. The third kappa shape index (κ3) is 4.29. The van der Waals surface area contributed by atoms with Crippen LogP contribution in [0.1, 0.15) is 35.7 Å². The Kier molecular flexibility index (Phi) is 5.33. The van der Waals surface area contributed by atoms with Crippen molar-refractivity contribution in [1.82, 2.24) is 4.98 Å². The van der Waals surface area contributed by atoms with Crippen LogP contribution < -0.4 is 4.74 Å². The number of aromatic carboxylic acids is 1. The van der Waals surface area contributed by atoms with Gasteiger partial charge < -0.3 is 9.84 Å². The van der Waals surface area contributed by atoms with Crippen molar-refractivity contribution < 1.29 is 14.6 Å². The van der Waals surface area contributed by atoms with E-state index in [-0.39, 0.29) is 11.4 Å². The van der Waals surface area contributed by atoms with Gasteiger partial charge >= 0.3 is 5.97 Å². The number of carbonyl (C=O) groups is 1. The second-order valence-electron chi connectivity index (χ2n) is 4.66. The predicted octanol–water partition coefficient (Wildman–Crippen LogP) is 4.68. The number of carboxylic acids is 1. The molecule has 0 atom stereocenters. The Hall–Kier alpha value is -1.88. The maximum Gasteiger partial charge on any atom is 0.341 e. The maximum absolute atomic E-state index is 11.2. The topological polar surface area (TPSA) is 59.4 Å². The Morgan fingerprint density at radius 3 is 2.67 bits per heavy atom. The van der Waals surface area contributed by atoms with Gasteiger partial charge in [0.1, 0.15) is 11.3 Å². The molecule has 1 heterocycles. The molecule has 0 fully saturated rings. The van der Waals surface area contributed by atoms with Crippen LogP contribution >= 0.6 is 15.9 Å². The summed E-state index contributed by atoms with van der Waals surface area (Å²) in [6, 6.07) is 9.12. The first kappa shape index (κ1) is 15.5. The molecule has 0 aliphatic carbocycles. The lowest BCUT2D eigenvalue weighted by atomic mass is 10.1. The summed E-state index contributed by atoms with van der Waals surface area (Å²) in [4.78, 5) is 15.2. The first-order chi connectivity index (χ1) is 10.1. The number of nitrogens with zero attached hydrogens (tertiary/aromatic N) is 1. The number of rotatable bonds is 6. The molecule has 0 saturated carbocycles. The minimum atomic E-state index is -1.07. The van der Waals surface area contributed by atoms with E-state index in [4.69, 9.17) is 9.84 Å². The van der Waals surface area contributed by atoms with Crippen LogP contribution in [0.3, 0.4) is 0 Å². The Balaban J connectivity index is 2.16. The highest BCUT2D eigenvalue weighted by atomic mass is 79.9. The van der Waals surface area contributed by atoms with Gasteiger partial charge in [-0.05, 0) is 52.5 Å². The molecule has 1 aromatic heterocycles. The van der Waals surface area contributed by atoms with Crippen LogP contribution in [-0.4, -0.2) is 16.1 Å². The summed E-state index contributed by atoms with van der Waals surface area (Å²) in [6.45, 7) is 2.16. The van der Waals surface area contributed by atoms with Crippen molar-refractivity contribution in [2.45, 2.75) is 26.2 Å². The fourth-order valence-electron chi connectivity index (χ4n) is 1.88. The van der Waals surface area contributed by atoms with E-state index in [9.17, 15) is 4.79 Å². The highest BCUT2D eigenvalue weighted by Gasteiger charge is 2.14. The van der Waals surface area contributed by atoms with E-state index in [0.29, 0.717) is 10.2 Å². The van der Waals surface area contributed by atoms with Gasteiger partial charge in [-0.25, -0.2) is 9.78 Å². The second-order valence-corrected chi connectivity index (χ2v) is 5.58. The van der Waals surface area contributed by atoms with Crippen molar-refractivity contribution in [3.8, 4) is 11.6 Å². The number of ether oxygens (including phenoxy) is 1. The van der Waals surface area contributed by atoms with Crippen LogP contribution in [0.2, 0.25) is 0 Å². The summed E-state index contributed by atoms with van der Waals surface area (Å²) < 4.78 is 6.17. The summed E-state index contributed by atoms with van der Waals surface area (Å²) in [5.41, 5.74) is 1.27. The SMILES string of the molecule is CCCCc1ccc(Oc2ncc(Br)cc2C(=O)O)cc1.